The van der Waals surface area contributed by atoms with Crippen molar-refractivity contribution in [1.29, 1.82) is 0 Å². The van der Waals surface area contributed by atoms with E-state index in [2.05, 4.69) is 15.6 Å². The Bertz CT molecular complexity index is 843. The summed E-state index contributed by atoms with van der Waals surface area (Å²) in [5.74, 6) is 0.116. The molecule has 3 N–H and O–H groups in total. The zero-order valence-corrected chi connectivity index (χ0v) is 12.3. The zero-order chi connectivity index (χ0) is 15.7. The van der Waals surface area contributed by atoms with Crippen LogP contribution >= 0.6 is 11.6 Å². The van der Waals surface area contributed by atoms with Gasteiger partial charge in [0.2, 0.25) is 5.76 Å². The Labute approximate surface area is 130 Å². The summed E-state index contributed by atoms with van der Waals surface area (Å²) in [5.41, 5.74) is 0.994. The zero-order valence-electron chi connectivity index (χ0n) is 11.6. The van der Waals surface area contributed by atoms with Gasteiger partial charge in [-0.2, -0.15) is 0 Å². The van der Waals surface area contributed by atoms with Crippen LogP contribution in [-0.4, -0.2) is 23.0 Å². The van der Waals surface area contributed by atoms with E-state index in [1.54, 1.807) is 25.2 Å². The van der Waals surface area contributed by atoms with E-state index < -0.39 is 5.91 Å². The predicted octanol–water partition coefficient (Wildman–Crippen LogP) is 3.48. The lowest BCUT2D eigenvalue weighted by molar-refractivity contribution is 0.0999. The second-order valence-corrected chi connectivity index (χ2v) is 4.99. The van der Waals surface area contributed by atoms with Crippen LogP contribution in [0.4, 0.5) is 11.5 Å². The molecule has 1 amide bonds. The number of hydrogen-bond donors (Lipinski definition) is 3. The van der Waals surface area contributed by atoms with E-state index in [9.17, 15) is 9.90 Å². The number of anilines is 2. The molecule has 112 valence electrons. The van der Waals surface area contributed by atoms with E-state index in [0.29, 0.717) is 27.5 Å². The number of fused-ring (bicyclic) bond motifs is 1. The maximum Gasteiger partial charge on any atom is 0.294 e. The summed E-state index contributed by atoms with van der Waals surface area (Å²) in [6.45, 7) is 0. The molecular formula is C15H12ClN3O3. The number of pyridine rings is 1. The van der Waals surface area contributed by atoms with Crippen molar-refractivity contribution in [2.45, 2.75) is 0 Å². The molecule has 2 heterocycles. The highest BCUT2D eigenvalue weighted by molar-refractivity contribution is 6.30. The lowest BCUT2D eigenvalue weighted by Crippen LogP contribution is -2.13. The van der Waals surface area contributed by atoms with Crippen LogP contribution in [0, 0.1) is 0 Å². The third-order valence-electron chi connectivity index (χ3n) is 3.10. The van der Waals surface area contributed by atoms with Crippen molar-refractivity contribution in [2.75, 3.05) is 17.7 Å². The highest BCUT2D eigenvalue weighted by Crippen LogP contribution is 2.33. The van der Waals surface area contributed by atoms with E-state index in [4.69, 9.17) is 16.0 Å². The normalized spacial score (nSPS) is 10.6. The first-order chi connectivity index (χ1) is 10.6. The molecule has 0 spiro atoms. The molecule has 7 heteroatoms. The SMILES string of the molecule is CNc1c(C(=O)Nc2ccc(Cl)cn2)oc2ccc(O)cc12. The number of aromatic hydroxyl groups is 1. The summed E-state index contributed by atoms with van der Waals surface area (Å²) < 4.78 is 5.56. The van der Waals surface area contributed by atoms with Crippen LogP contribution in [0.15, 0.2) is 40.9 Å². The Morgan fingerprint density at radius 3 is 2.82 bits per heavy atom. The maximum absolute atomic E-state index is 12.4. The molecule has 0 fully saturated rings. The van der Waals surface area contributed by atoms with Crippen LogP contribution in [0.25, 0.3) is 11.0 Å². The number of aromatic nitrogens is 1. The number of nitrogens with zero attached hydrogens (tertiary/aromatic N) is 1. The Morgan fingerprint density at radius 2 is 2.14 bits per heavy atom. The number of rotatable bonds is 3. The van der Waals surface area contributed by atoms with Gasteiger partial charge < -0.3 is 20.2 Å². The number of carbonyl (C=O) groups excluding carboxylic acids is 1. The van der Waals surface area contributed by atoms with Gasteiger partial charge in [0, 0.05) is 18.6 Å². The fraction of sp³-hybridized carbons (Fsp3) is 0.0667. The van der Waals surface area contributed by atoms with Crippen molar-refractivity contribution in [3.05, 3.63) is 47.3 Å². The first-order valence-electron chi connectivity index (χ1n) is 6.44. The molecule has 3 aromatic rings. The number of nitrogens with one attached hydrogen (secondary N) is 2. The van der Waals surface area contributed by atoms with Crippen LogP contribution in [0.2, 0.25) is 5.02 Å². The van der Waals surface area contributed by atoms with E-state index in [1.165, 1.54) is 18.3 Å². The van der Waals surface area contributed by atoms with E-state index >= 15 is 0 Å². The highest BCUT2D eigenvalue weighted by Gasteiger charge is 2.20. The van der Waals surface area contributed by atoms with E-state index in [1.807, 2.05) is 0 Å². The first kappa shape index (κ1) is 14.2. The van der Waals surface area contributed by atoms with Crippen LogP contribution in [0.1, 0.15) is 10.6 Å². The average molecular weight is 318 g/mol. The van der Waals surface area contributed by atoms with Crippen molar-refractivity contribution in [2.24, 2.45) is 0 Å². The highest BCUT2D eigenvalue weighted by atomic mass is 35.5. The molecule has 0 saturated carbocycles. The van der Waals surface area contributed by atoms with Crippen molar-refractivity contribution < 1.29 is 14.3 Å². The molecule has 0 atom stereocenters. The molecule has 0 radical (unpaired) electrons. The van der Waals surface area contributed by atoms with Gasteiger partial charge in [0.15, 0.2) is 0 Å². The van der Waals surface area contributed by atoms with E-state index in [-0.39, 0.29) is 11.5 Å². The molecule has 2 aromatic heterocycles. The third-order valence-corrected chi connectivity index (χ3v) is 3.32. The number of phenolic OH excluding ortho intramolecular Hbond substituents is 1. The summed E-state index contributed by atoms with van der Waals surface area (Å²) in [7, 11) is 1.67. The summed E-state index contributed by atoms with van der Waals surface area (Å²) in [5, 5.41) is 16.2. The fourth-order valence-corrected chi connectivity index (χ4v) is 2.23. The number of halogens is 1. The Hall–Kier alpha value is -2.73. The van der Waals surface area contributed by atoms with Crippen LogP contribution in [0.3, 0.4) is 0 Å². The molecule has 6 nitrogen and oxygen atoms in total. The topological polar surface area (TPSA) is 87.4 Å². The molecule has 0 aliphatic heterocycles. The van der Waals surface area contributed by atoms with Gasteiger partial charge in [-0.3, -0.25) is 4.79 Å². The Balaban J connectivity index is 1.98. The molecule has 22 heavy (non-hydrogen) atoms. The minimum Gasteiger partial charge on any atom is -0.508 e. The molecule has 0 unspecified atom stereocenters. The molecule has 1 aromatic carbocycles. The van der Waals surface area contributed by atoms with Gasteiger partial charge in [-0.1, -0.05) is 11.6 Å². The smallest absolute Gasteiger partial charge is 0.294 e. The van der Waals surface area contributed by atoms with Gasteiger partial charge in [0.05, 0.1) is 10.7 Å². The largest absolute Gasteiger partial charge is 0.508 e. The Morgan fingerprint density at radius 1 is 1.32 bits per heavy atom. The van der Waals surface area contributed by atoms with Crippen molar-refractivity contribution in [1.82, 2.24) is 4.98 Å². The second kappa shape index (κ2) is 5.57. The molecule has 3 rings (SSSR count). The lowest BCUT2D eigenvalue weighted by atomic mass is 10.2. The number of hydrogen-bond acceptors (Lipinski definition) is 5. The van der Waals surface area contributed by atoms with Crippen LogP contribution < -0.4 is 10.6 Å². The Kier molecular flexibility index (Phi) is 3.60. The summed E-state index contributed by atoms with van der Waals surface area (Å²) >= 11 is 5.75. The predicted molar refractivity (Wildman–Crippen MR) is 84.6 cm³/mol. The fourth-order valence-electron chi connectivity index (χ4n) is 2.12. The third kappa shape index (κ3) is 2.56. The summed E-state index contributed by atoms with van der Waals surface area (Å²) in [6, 6.07) is 7.84. The average Bonchev–Trinajstić information content (AvgIpc) is 2.87. The van der Waals surface area contributed by atoms with Crippen LogP contribution in [0.5, 0.6) is 5.75 Å². The monoisotopic (exact) mass is 317 g/mol. The summed E-state index contributed by atoms with van der Waals surface area (Å²) in [4.78, 5) is 16.4. The van der Waals surface area contributed by atoms with Gasteiger partial charge in [-0.25, -0.2) is 4.98 Å². The first-order valence-corrected chi connectivity index (χ1v) is 6.82. The van der Waals surface area contributed by atoms with Crippen LogP contribution in [-0.2, 0) is 0 Å². The van der Waals surface area contributed by atoms with Crippen molar-refractivity contribution in [3.8, 4) is 5.75 Å². The maximum atomic E-state index is 12.4. The molecule has 0 aliphatic carbocycles. The molecule has 0 bridgehead atoms. The molecule has 0 saturated heterocycles. The van der Waals surface area contributed by atoms with E-state index in [0.717, 1.165) is 0 Å². The number of carbonyl (C=O) groups is 1. The minimum absolute atomic E-state index is 0.0936. The minimum atomic E-state index is -0.449. The van der Waals surface area contributed by atoms with Gasteiger partial charge in [0.1, 0.15) is 17.2 Å². The molecular weight excluding hydrogens is 306 g/mol. The number of phenols is 1. The summed E-state index contributed by atoms with van der Waals surface area (Å²) in [6.07, 6.45) is 1.44. The van der Waals surface area contributed by atoms with Gasteiger partial charge in [-0.15, -0.1) is 0 Å². The standard InChI is InChI=1S/C15H12ClN3O3/c1-17-13-10-6-9(20)3-4-11(10)22-14(13)15(21)19-12-5-2-8(16)7-18-12/h2-7,17,20H,1H3,(H,18,19,21). The van der Waals surface area contributed by atoms with Gasteiger partial charge >= 0.3 is 0 Å². The number of amides is 1. The second-order valence-electron chi connectivity index (χ2n) is 4.55. The molecule has 0 aliphatic rings. The van der Waals surface area contributed by atoms with Gasteiger partial charge in [0.25, 0.3) is 5.91 Å². The van der Waals surface area contributed by atoms with Crippen molar-refractivity contribution >= 4 is 40.0 Å². The van der Waals surface area contributed by atoms with Gasteiger partial charge in [-0.05, 0) is 30.3 Å². The van der Waals surface area contributed by atoms with Crippen molar-refractivity contribution in [3.63, 3.8) is 0 Å². The number of furan rings is 1. The lowest BCUT2D eigenvalue weighted by Gasteiger charge is -2.04. The quantitative estimate of drug-likeness (QED) is 0.688. The number of benzene rings is 1.